The van der Waals surface area contributed by atoms with Gasteiger partial charge in [0.2, 0.25) is 0 Å². The second-order valence-corrected chi connectivity index (χ2v) is 10.4. The van der Waals surface area contributed by atoms with Crippen molar-refractivity contribution in [2.45, 2.75) is 65.8 Å². The number of carbonyl (C=O) groups is 2. The Bertz CT molecular complexity index is 1180. The molecule has 2 N–H and O–H groups in total. The van der Waals surface area contributed by atoms with E-state index >= 15 is 0 Å². The Morgan fingerprint density at radius 2 is 1.18 bits per heavy atom. The molecule has 202 valence electrons. The van der Waals surface area contributed by atoms with Crippen LogP contribution in [0.3, 0.4) is 0 Å². The highest BCUT2D eigenvalue weighted by Gasteiger charge is 2.21. The lowest BCUT2D eigenvalue weighted by Gasteiger charge is -2.22. The van der Waals surface area contributed by atoms with Crippen molar-refractivity contribution >= 4 is 12.2 Å². The van der Waals surface area contributed by atoms with Gasteiger partial charge in [-0.15, -0.1) is 12.8 Å². The summed E-state index contributed by atoms with van der Waals surface area (Å²) in [6.07, 6.45) is 10.5. The fourth-order valence-electron chi connectivity index (χ4n) is 3.66. The molecule has 8 nitrogen and oxygen atoms in total. The van der Waals surface area contributed by atoms with Crippen molar-refractivity contribution in [3.05, 3.63) is 46.5 Å². The summed E-state index contributed by atoms with van der Waals surface area (Å²) in [5.41, 5.74) is 2.29. The number of nitrogens with one attached hydrogen (secondary N) is 2. The van der Waals surface area contributed by atoms with Gasteiger partial charge in [-0.3, -0.25) is 0 Å². The molecule has 0 heterocycles. The van der Waals surface area contributed by atoms with Crippen LogP contribution in [0.25, 0.3) is 11.1 Å². The van der Waals surface area contributed by atoms with Gasteiger partial charge in [-0.05, 0) is 71.4 Å². The van der Waals surface area contributed by atoms with Crippen molar-refractivity contribution in [1.82, 2.24) is 10.6 Å². The monoisotopic (exact) mass is 520 g/mol. The van der Waals surface area contributed by atoms with Crippen molar-refractivity contribution < 1.29 is 28.5 Å². The standard InChI is InChI=1S/C30H36N2O6/c1-11-19-15-24(35-9)16-20(12-2)25(19)21-13-22(17-31-27(33)37-29(3,4)5)26(36-10)23(14-21)18-32-28(34)38-30(6,7)8/h1-2,13-16H,17-18H2,3-10H3,(H,31,33)(H,32,34). The summed E-state index contributed by atoms with van der Waals surface area (Å²) in [7, 11) is 3.04. The minimum absolute atomic E-state index is 0.0816. The van der Waals surface area contributed by atoms with Gasteiger partial charge in [-0.25, -0.2) is 9.59 Å². The molecule has 0 aliphatic heterocycles. The molecule has 0 spiro atoms. The molecule has 0 saturated carbocycles. The lowest BCUT2D eigenvalue weighted by Crippen LogP contribution is -2.33. The third kappa shape index (κ3) is 8.38. The van der Waals surface area contributed by atoms with E-state index in [0.29, 0.717) is 44.9 Å². The first-order chi connectivity index (χ1) is 17.7. The average Bonchev–Trinajstić information content (AvgIpc) is 2.82. The summed E-state index contributed by atoms with van der Waals surface area (Å²) in [6.45, 7) is 10.8. The number of benzene rings is 2. The fourth-order valence-corrected chi connectivity index (χ4v) is 3.66. The minimum atomic E-state index is -0.662. The lowest BCUT2D eigenvalue weighted by molar-refractivity contribution is 0.0513. The van der Waals surface area contributed by atoms with E-state index in [2.05, 4.69) is 22.5 Å². The average molecular weight is 521 g/mol. The van der Waals surface area contributed by atoms with Gasteiger partial charge < -0.3 is 29.6 Å². The maximum absolute atomic E-state index is 12.4. The van der Waals surface area contributed by atoms with Gasteiger partial charge in [0.25, 0.3) is 0 Å². The van der Waals surface area contributed by atoms with Crippen LogP contribution >= 0.6 is 0 Å². The van der Waals surface area contributed by atoms with Gasteiger partial charge in [0.1, 0.15) is 22.7 Å². The molecule has 2 rings (SSSR count). The zero-order valence-corrected chi connectivity index (χ0v) is 23.3. The molecule has 0 fully saturated rings. The van der Waals surface area contributed by atoms with Crippen LogP contribution in [0.2, 0.25) is 0 Å². The van der Waals surface area contributed by atoms with E-state index in [1.165, 1.54) is 14.2 Å². The number of methoxy groups -OCH3 is 2. The molecule has 0 atom stereocenters. The first-order valence-corrected chi connectivity index (χ1v) is 12.0. The maximum Gasteiger partial charge on any atom is 0.407 e. The normalized spacial score (nSPS) is 11.0. The van der Waals surface area contributed by atoms with Crippen molar-refractivity contribution in [2.24, 2.45) is 0 Å². The number of terminal acetylenes is 2. The smallest absolute Gasteiger partial charge is 0.407 e. The Kier molecular flexibility index (Phi) is 9.68. The molecule has 2 aromatic carbocycles. The third-order valence-electron chi connectivity index (χ3n) is 5.04. The van der Waals surface area contributed by atoms with Gasteiger partial charge in [0, 0.05) is 40.9 Å². The number of carbonyl (C=O) groups excluding carboxylic acids is 2. The molecule has 2 aromatic rings. The van der Waals surface area contributed by atoms with Crippen LogP contribution in [0, 0.1) is 24.7 Å². The molecule has 0 aliphatic carbocycles. The van der Waals surface area contributed by atoms with Crippen LogP contribution in [-0.2, 0) is 22.6 Å². The SMILES string of the molecule is C#Cc1cc(OC)cc(C#C)c1-c1cc(CNC(=O)OC(C)(C)C)c(OC)c(CNC(=O)OC(C)(C)C)c1. The Morgan fingerprint density at radius 1 is 0.763 bits per heavy atom. The van der Waals surface area contributed by atoms with E-state index in [1.807, 2.05) is 12.1 Å². The second kappa shape index (κ2) is 12.3. The van der Waals surface area contributed by atoms with Crippen molar-refractivity contribution in [3.8, 4) is 47.3 Å². The molecule has 0 aromatic heterocycles. The third-order valence-corrected chi connectivity index (χ3v) is 5.04. The molecule has 38 heavy (non-hydrogen) atoms. The highest BCUT2D eigenvalue weighted by Crippen LogP contribution is 2.36. The summed E-state index contributed by atoms with van der Waals surface area (Å²) in [6, 6.07) is 7.10. The highest BCUT2D eigenvalue weighted by atomic mass is 16.6. The predicted molar refractivity (Wildman–Crippen MR) is 147 cm³/mol. The molecule has 2 amide bonds. The van der Waals surface area contributed by atoms with Gasteiger partial charge in [-0.2, -0.15) is 0 Å². The van der Waals surface area contributed by atoms with Crippen molar-refractivity contribution in [3.63, 3.8) is 0 Å². The molecule has 0 bridgehead atoms. The van der Waals surface area contributed by atoms with E-state index in [-0.39, 0.29) is 13.1 Å². The van der Waals surface area contributed by atoms with Crippen LogP contribution in [0.1, 0.15) is 63.8 Å². The minimum Gasteiger partial charge on any atom is -0.497 e. The van der Waals surface area contributed by atoms with Gasteiger partial charge in [-0.1, -0.05) is 11.8 Å². The predicted octanol–water partition coefficient (Wildman–Crippen LogP) is 5.38. The van der Waals surface area contributed by atoms with Gasteiger partial charge in [0.05, 0.1) is 14.2 Å². The summed E-state index contributed by atoms with van der Waals surface area (Å²) in [4.78, 5) is 24.8. The van der Waals surface area contributed by atoms with E-state index in [0.717, 1.165) is 0 Å². The van der Waals surface area contributed by atoms with E-state index in [4.69, 9.17) is 31.8 Å². The molecular formula is C30H36N2O6. The fraction of sp³-hybridized carbons (Fsp3) is 0.400. The Balaban J connectivity index is 2.63. The molecule has 0 unspecified atom stereocenters. The zero-order chi connectivity index (χ0) is 28.7. The molecule has 0 aliphatic rings. The molecule has 8 heteroatoms. The number of hydrogen-bond donors (Lipinski definition) is 2. The Hall–Kier alpha value is -4.30. The number of rotatable bonds is 7. The molecule has 0 saturated heterocycles. The zero-order valence-electron chi connectivity index (χ0n) is 23.3. The van der Waals surface area contributed by atoms with Gasteiger partial charge >= 0.3 is 12.2 Å². The largest absolute Gasteiger partial charge is 0.497 e. The quantitative estimate of drug-likeness (QED) is 0.476. The van der Waals surface area contributed by atoms with Crippen molar-refractivity contribution in [1.29, 1.82) is 0 Å². The summed E-state index contributed by atoms with van der Waals surface area (Å²) >= 11 is 0. The Labute approximate surface area is 225 Å². The Morgan fingerprint density at radius 3 is 1.50 bits per heavy atom. The number of hydrogen-bond acceptors (Lipinski definition) is 6. The highest BCUT2D eigenvalue weighted by molar-refractivity contribution is 5.80. The van der Waals surface area contributed by atoms with Gasteiger partial charge in [0.15, 0.2) is 0 Å². The summed E-state index contributed by atoms with van der Waals surface area (Å²) in [5.74, 6) is 6.35. The lowest BCUT2D eigenvalue weighted by atomic mass is 9.91. The van der Waals surface area contributed by atoms with E-state index in [9.17, 15) is 9.59 Å². The number of alkyl carbamates (subject to hydrolysis) is 2. The maximum atomic E-state index is 12.4. The van der Waals surface area contributed by atoms with Crippen LogP contribution in [0.15, 0.2) is 24.3 Å². The molecular weight excluding hydrogens is 484 g/mol. The topological polar surface area (TPSA) is 95.1 Å². The van der Waals surface area contributed by atoms with E-state index < -0.39 is 23.4 Å². The van der Waals surface area contributed by atoms with Crippen LogP contribution in [-0.4, -0.2) is 37.6 Å². The summed E-state index contributed by atoms with van der Waals surface area (Å²) < 4.78 is 21.8. The van der Waals surface area contributed by atoms with Crippen LogP contribution in [0.4, 0.5) is 9.59 Å². The first kappa shape index (κ1) is 29.9. The summed E-state index contributed by atoms with van der Waals surface area (Å²) in [5, 5.41) is 5.51. The van der Waals surface area contributed by atoms with Crippen LogP contribution < -0.4 is 20.1 Å². The first-order valence-electron chi connectivity index (χ1n) is 12.0. The number of amides is 2. The van der Waals surface area contributed by atoms with Crippen LogP contribution in [0.5, 0.6) is 11.5 Å². The second-order valence-electron chi connectivity index (χ2n) is 10.4. The number of ether oxygens (including phenoxy) is 4. The van der Waals surface area contributed by atoms with Crippen molar-refractivity contribution in [2.75, 3.05) is 14.2 Å². The van der Waals surface area contributed by atoms with E-state index in [1.54, 1.807) is 53.7 Å². The molecule has 0 radical (unpaired) electrons.